The van der Waals surface area contributed by atoms with E-state index in [0.717, 1.165) is 49.2 Å². The first-order valence-corrected chi connectivity index (χ1v) is 12.5. The molecule has 4 rings (SSSR count). The number of nitrogens with one attached hydrogen (secondary N) is 1. The van der Waals surface area contributed by atoms with Crippen molar-refractivity contribution in [1.82, 2.24) is 15.1 Å². The van der Waals surface area contributed by atoms with Crippen LogP contribution < -0.4 is 5.32 Å². The maximum atomic E-state index is 13.1. The molecular formula is C28H37N3O2. The van der Waals surface area contributed by atoms with Crippen molar-refractivity contribution < 1.29 is 9.59 Å². The Balaban J connectivity index is 1.37. The van der Waals surface area contributed by atoms with Gasteiger partial charge in [0.2, 0.25) is 5.91 Å². The van der Waals surface area contributed by atoms with Crippen molar-refractivity contribution >= 4 is 11.8 Å². The van der Waals surface area contributed by atoms with E-state index in [-0.39, 0.29) is 17.9 Å². The highest BCUT2D eigenvalue weighted by Crippen LogP contribution is 2.31. The molecule has 2 amide bonds. The first kappa shape index (κ1) is 23.5. The summed E-state index contributed by atoms with van der Waals surface area (Å²) >= 11 is 0. The molecule has 2 fully saturated rings. The average Bonchev–Trinajstić information content (AvgIpc) is 3.38. The minimum Gasteiger partial charge on any atom is -0.354 e. The van der Waals surface area contributed by atoms with Gasteiger partial charge in [-0.2, -0.15) is 0 Å². The van der Waals surface area contributed by atoms with Gasteiger partial charge in [-0.25, -0.2) is 0 Å². The van der Waals surface area contributed by atoms with E-state index in [0.29, 0.717) is 24.9 Å². The fraction of sp³-hybridized carbons (Fsp3) is 0.500. The Morgan fingerprint density at radius 2 is 1.48 bits per heavy atom. The van der Waals surface area contributed by atoms with E-state index in [1.54, 1.807) is 0 Å². The Labute approximate surface area is 198 Å². The van der Waals surface area contributed by atoms with Crippen LogP contribution in [0.2, 0.25) is 0 Å². The molecule has 0 bridgehead atoms. The van der Waals surface area contributed by atoms with Gasteiger partial charge in [0.1, 0.15) is 0 Å². The first-order chi connectivity index (χ1) is 16.0. The standard InChI is InChI=1S/C28H37N3O2/c1-21(2)20-29-27(32)26(24-10-6-7-11-24)30-16-18-31(19-17-30)28(33)25-14-12-23(13-15-25)22-8-4-3-5-9-22/h3-5,8-9,12-15,21,24,26H,6-7,10-11,16-20H2,1-2H3,(H,29,32)/t26-/m1/s1. The summed E-state index contributed by atoms with van der Waals surface area (Å²) in [5.74, 6) is 1.13. The molecule has 0 spiro atoms. The van der Waals surface area contributed by atoms with Crippen LogP contribution in [0, 0.1) is 11.8 Å². The van der Waals surface area contributed by atoms with Gasteiger partial charge in [0, 0.05) is 38.3 Å². The van der Waals surface area contributed by atoms with Gasteiger partial charge in [-0.15, -0.1) is 0 Å². The van der Waals surface area contributed by atoms with Crippen LogP contribution in [-0.2, 0) is 4.79 Å². The first-order valence-electron chi connectivity index (χ1n) is 12.5. The summed E-state index contributed by atoms with van der Waals surface area (Å²) in [4.78, 5) is 30.5. The van der Waals surface area contributed by atoms with Crippen LogP contribution in [0.25, 0.3) is 11.1 Å². The summed E-state index contributed by atoms with van der Waals surface area (Å²) in [6, 6.07) is 18.0. The van der Waals surface area contributed by atoms with Crippen LogP contribution in [0.4, 0.5) is 0 Å². The van der Waals surface area contributed by atoms with Crippen molar-refractivity contribution in [3.8, 4) is 11.1 Å². The summed E-state index contributed by atoms with van der Waals surface area (Å²) in [5.41, 5.74) is 2.99. The molecule has 1 saturated carbocycles. The van der Waals surface area contributed by atoms with E-state index >= 15 is 0 Å². The third-order valence-corrected chi connectivity index (χ3v) is 7.03. The molecule has 33 heavy (non-hydrogen) atoms. The van der Waals surface area contributed by atoms with E-state index < -0.39 is 0 Å². The highest BCUT2D eigenvalue weighted by atomic mass is 16.2. The number of hydrogen-bond acceptors (Lipinski definition) is 3. The third kappa shape index (κ3) is 5.83. The number of carbonyl (C=O) groups is 2. The molecule has 1 saturated heterocycles. The zero-order valence-electron chi connectivity index (χ0n) is 20.0. The monoisotopic (exact) mass is 447 g/mol. The number of benzene rings is 2. The lowest BCUT2D eigenvalue weighted by molar-refractivity contribution is -0.129. The van der Waals surface area contributed by atoms with Gasteiger partial charge in [-0.3, -0.25) is 14.5 Å². The van der Waals surface area contributed by atoms with Crippen molar-refractivity contribution in [2.24, 2.45) is 11.8 Å². The van der Waals surface area contributed by atoms with E-state index in [1.165, 1.54) is 12.8 Å². The van der Waals surface area contributed by atoms with Gasteiger partial charge in [0.05, 0.1) is 6.04 Å². The Kier molecular flexibility index (Phi) is 7.81. The van der Waals surface area contributed by atoms with Crippen LogP contribution in [0.3, 0.4) is 0 Å². The Hall–Kier alpha value is -2.66. The quantitative estimate of drug-likeness (QED) is 0.683. The van der Waals surface area contributed by atoms with Gasteiger partial charge in [-0.05, 0) is 47.9 Å². The van der Waals surface area contributed by atoms with Crippen LogP contribution in [-0.4, -0.2) is 60.4 Å². The van der Waals surface area contributed by atoms with Crippen molar-refractivity contribution in [3.63, 3.8) is 0 Å². The molecule has 5 heteroatoms. The molecule has 0 radical (unpaired) electrons. The molecule has 2 aromatic carbocycles. The van der Waals surface area contributed by atoms with Gasteiger partial charge >= 0.3 is 0 Å². The molecule has 5 nitrogen and oxygen atoms in total. The normalized spacial score (nSPS) is 18.5. The van der Waals surface area contributed by atoms with E-state index in [9.17, 15) is 9.59 Å². The maximum absolute atomic E-state index is 13.1. The van der Waals surface area contributed by atoms with Crippen LogP contribution in [0.15, 0.2) is 54.6 Å². The van der Waals surface area contributed by atoms with Crippen LogP contribution in [0.5, 0.6) is 0 Å². The predicted molar refractivity (Wildman–Crippen MR) is 133 cm³/mol. The highest BCUT2D eigenvalue weighted by molar-refractivity contribution is 5.94. The molecular weight excluding hydrogens is 410 g/mol. The lowest BCUT2D eigenvalue weighted by Crippen LogP contribution is -2.58. The minimum absolute atomic E-state index is 0.0614. The second-order valence-corrected chi connectivity index (χ2v) is 9.90. The van der Waals surface area contributed by atoms with E-state index in [4.69, 9.17) is 0 Å². The largest absolute Gasteiger partial charge is 0.354 e. The fourth-order valence-electron chi connectivity index (χ4n) is 5.18. The number of rotatable bonds is 7. The molecule has 1 atom stereocenters. The second-order valence-electron chi connectivity index (χ2n) is 9.90. The Morgan fingerprint density at radius 3 is 2.09 bits per heavy atom. The van der Waals surface area contributed by atoms with Crippen molar-refractivity contribution in [2.45, 2.75) is 45.6 Å². The molecule has 2 aromatic rings. The zero-order chi connectivity index (χ0) is 23.2. The van der Waals surface area contributed by atoms with Gasteiger partial charge in [0.15, 0.2) is 0 Å². The number of piperazine rings is 1. The molecule has 2 aliphatic rings. The van der Waals surface area contributed by atoms with Gasteiger partial charge in [0.25, 0.3) is 5.91 Å². The Bertz CT molecular complexity index is 912. The fourth-order valence-corrected chi connectivity index (χ4v) is 5.18. The SMILES string of the molecule is CC(C)CNC(=O)[C@@H](C1CCCC1)N1CCN(C(=O)c2ccc(-c3ccccc3)cc2)CC1. The lowest BCUT2D eigenvalue weighted by atomic mass is 9.94. The molecule has 1 N–H and O–H groups in total. The summed E-state index contributed by atoms with van der Waals surface area (Å²) in [6.45, 7) is 7.82. The highest BCUT2D eigenvalue weighted by Gasteiger charge is 2.37. The summed E-state index contributed by atoms with van der Waals surface area (Å²) < 4.78 is 0. The lowest BCUT2D eigenvalue weighted by Gasteiger charge is -2.41. The van der Waals surface area contributed by atoms with Gasteiger partial charge in [-0.1, -0.05) is 69.2 Å². The van der Waals surface area contributed by atoms with Crippen LogP contribution in [0.1, 0.15) is 49.9 Å². The van der Waals surface area contributed by atoms with E-state index in [1.807, 2.05) is 47.4 Å². The molecule has 0 aromatic heterocycles. The summed E-state index contributed by atoms with van der Waals surface area (Å²) in [6.07, 6.45) is 4.70. The molecule has 1 aliphatic carbocycles. The minimum atomic E-state index is -0.0614. The number of hydrogen-bond donors (Lipinski definition) is 1. The molecule has 1 aliphatic heterocycles. The van der Waals surface area contributed by atoms with Gasteiger partial charge < -0.3 is 10.2 Å². The average molecular weight is 448 g/mol. The number of amides is 2. The Morgan fingerprint density at radius 1 is 0.879 bits per heavy atom. The molecule has 176 valence electrons. The smallest absolute Gasteiger partial charge is 0.253 e. The van der Waals surface area contributed by atoms with Crippen molar-refractivity contribution in [2.75, 3.05) is 32.7 Å². The van der Waals surface area contributed by atoms with Crippen molar-refractivity contribution in [1.29, 1.82) is 0 Å². The predicted octanol–water partition coefficient (Wildman–Crippen LogP) is 4.44. The van der Waals surface area contributed by atoms with E-state index in [2.05, 4.69) is 36.2 Å². The molecule has 0 unspecified atom stereocenters. The number of carbonyl (C=O) groups excluding carboxylic acids is 2. The zero-order valence-corrected chi connectivity index (χ0v) is 20.0. The number of nitrogens with zero attached hydrogens (tertiary/aromatic N) is 2. The van der Waals surface area contributed by atoms with Crippen molar-refractivity contribution in [3.05, 3.63) is 60.2 Å². The summed E-state index contributed by atoms with van der Waals surface area (Å²) in [7, 11) is 0. The van der Waals surface area contributed by atoms with Crippen LogP contribution >= 0.6 is 0 Å². The molecule has 1 heterocycles. The second kappa shape index (κ2) is 11.0. The maximum Gasteiger partial charge on any atom is 0.253 e. The summed E-state index contributed by atoms with van der Waals surface area (Å²) in [5, 5.41) is 3.17. The topological polar surface area (TPSA) is 52.7 Å². The third-order valence-electron chi connectivity index (χ3n) is 7.03.